The number of nitrogens with one attached hydrogen (secondary N) is 1. The van der Waals surface area contributed by atoms with Crippen LogP contribution in [-0.2, 0) is 4.79 Å². The number of hydrogen-bond donors (Lipinski definition) is 4. The molecular formula is C30H29N3O9. The molecule has 4 N–H and O–H groups in total. The van der Waals surface area contributed by atoms with E-state index in [2.05, 4.69) is 15.5 Å². The van der Waals surface area contributed by atoms with Gasteiger partial charge in [-0.2, -0.15) is 4.98 Å². The Bertz CT molecular complexity index is 1540. The van der Waals surface area contributed by atoms with E-state index in [1.165, 1.54) is 18.2 Å². The third-order valence-electron chi connectivity index (χ3n) is 5.78. The molecule has 1 atom stereocenters. The highest BCUT2D eigenvalue weighted by molar-refractivity contribution is 5.90. The van der Waals surface area contributed by atoms with Crippen molar-refractivity contribution >= 4 is 24.4 Å². The zero-order chi connectivity index (χ0) is 30.6. The van der Waals surface area contributed by atoms with Gasteiger partial charge in [-0.15, -0.1) is 0 Å². The number of aryl methyl sites for hydroxylation is 2. The van der Waals surface area contributed by atoms with Gasteiger partial charge in [-0.1, -0.05) is 29.4 Å². The number of carbonyl (C=O) groups is 4. The highest BCUT2D eigenvalue weighted by atomic mass is 16.5. The molecular weight excluding hydrogens is 546 g/mol. The van der Waals surface area contributed by atoms with Crippen LogP contribution in [0.25, 0.3) is 22.8 Å². The molecule has 0 saturated heterocycles. The lowest BCUT2D eigenvalue weighted by atomic mass is 10.1. The van der Waals surface area contributed by atoms with Crippen molar-refractivity contribution in [3.05, 3.63) is 88.5 Å². The van der Waals surface area contributed by atoms with Crippen LogP contribution in [0.2, 0.25) is 0 Å². The van der Waals surface area contributed by atoms with Crippen molar-refractivity contribution in [3.8, 4) is 28.6 Å². The number of carboxylic acids is 1. The van der Waals surface area contributed by atoms with Crippen molar-refractivity contribution in [3.63, 3.8) is 0 Å². The fourth-order valence-electron chi connectivity index (χ4n) is 3.78. The van der Waals surface area contributed by atoms with Crippen molar-refractivity contribution in [1.82, 2.24) is 15.5 Å². The molecule has 12 heteroatoms. The Labute approximate surface area is 240 Å². The number of aliphatic hydroxyl groups excluding tert-OH is 2. The number of benzene rings is 3. The first-order chi connectivity index (χ1) is 20.1. The van der Waals surface area contributed by atoms with E-state index in [1.54, 1.807) is 30.3 Å². The van der Waals surface area contributed by atoms with E-state index in [9.17, 15) is 24.3 Å². The lowest BCUT2D eigenvalue weighted by molar-refractivity contribution is -0.124. The standard InChI is InChI=1S/C22H23N3O6.C8H6O3/c1-13-6-17(7-14(2)20(13)30-12-18(28)9-23-19(29)11-27)21-24-22(31-25-21)16-5-3-4-15(8-16)10-26;9-5-6-2-1-3-7(4-6)8(10)11/h3-8,10,18,27-28H,9,11-12H2,1-2H3,(H,23,29);1-5H,(H,10,11). The highest BCUT2D eigenvalue weighted by Crippen LogP contribution is 2.30. The number of aromatic nitrogens is 2. The predicted octanol–water partition coefficient (Wildman–Crippen LogP) is 2.88. The van der Waals surface area contributed by atoms with Gasteiger partial charge in [0, 0.05) is 28.8 Å². The second kappa shape index (κ2) is 15.0. The Morgan fingerprint density at radius 2 is 1.62 bits per heavy atom. The number of nitrogens with zero attached hydrogens (tertiary/aromatic N) is 2. The van der Waals surface area contributed by atoms with Gasteiger partial charge < -0.3 is 29.9 Å². The summed E-state index contributed by atoms with van der Waals surface area (Å²) in [6.07, 6.45) is 0.451. The molecule has 4 aromatic rings. The van der Waals surface area contributed by atoms with Crippen molar-refractivity contribution < 1.29 is 43.8 Å². The van der Waals surface area contributed by atoms with E-state index in [1.807, 2.05) is 26.0 Å². The molecule has 0 radical (unpaired) electrons. The second-order valence-electron chi connectivity index (χ2n) is 9.08. The van der Waals surface area contributed by atoms with Gasteiger partial charge >= 0.3 is 5.97 Å². The monoisotopic (exact) mass is 575 g/mol. The van der Waals surface area contributed by atoms with Crippen molar-refractivity contribution in [1.29, 1.82) is 0 Å². The fraction of sp³-hybridized carbons (Fsp3) is 0.200. The summed E-state index contributed by atoms with van der Waals surface area (Å²) < 4.78 is 11.1. The van der Waals surface area contributed by atoms with Crippen LogP contribution in [0.4, 0.5) is 0 Å². The largest absolute Gasteiger partial charge is 0.490 e. The Morgan fingerprint density at radius 3 is 2.24 bits per heavy atom. The number of ether oxygens (including phenoxy) is 1. The van der Waals surface area contributed by atoms with Crippen LogP contribution in [-0.4, -0.2) is 75.8 Å². The molecule has 4 rings (SSSR count). The molecule has 1 heterocycles. The summed E-state index contributed by atoms with van der Waals surface area (Å²) in [4.78, 5) is 47.0. The minimum absolute atomic E-state index is 0.0213. The molecule has 0 aliphatic rings. The summed E-state index contributed by atoms with van der Waals surface area (Å²) in [5, 5.41) is 33.5. The number of rotatable bonds is 11. The number of carbonyl (C=O) groups excluding carboxylic acids is 3. The van der Waals surface area contributed by atoms with Crippen LogP contribution in [0, 0.1) is 13.8 Å². The molecule has 0 spiro atoms. The SMILES string of the molecule is Cc1cc(-c2noc(-c3cccc(C=O)c3)n2)cc(C)c1OCC(O)CNC(=O)CO.O=Cc1cccc(C(=O)O)c1. The number of hydrogen-bond acceptors (Lipinski definition) is 10. The van der Waals surface area contributed by atoms with Crippen LogP contribution in [0.5, 0.6) is 5.75 Å². The predicted molar refractivity (Wildman–Crippen MR) is 150 cm³/mol. The van der Waals surface area contributed by atoms with E-state index >= 15 is 0 Å². The lowest BCUT2D eigenvalue weighted by Gasteiger charge is -2.16. The number of aldehydes is 2. The van der Waals surface area contributed by atoms with Gasteiger partial charge in [-0.05, 0) is 61.4 Å². The first-order valence-corrected chi connectivity index (χ1v) is 12.6. The molecule has 218 valence electrons. The van der Waals surface area contributed by atoms with E-state index < -0.39 is 24.6 Å². The van der Waals surface area contributed by atoms with E-state index in [4.69, 9.17) is 19.5 Å². The van der Waals surface area contributed by atoms with Gasteiger partial charge in [-0.3, -0.25) is 14.4 Å². The molecule has 12 nitrogen and oxygen atoms in total. The molecule has 0 bridgehead atoms. The minimum Gasteiger partial charge on any atom is -0.490 e. The zero-order valence-corrected chi connectivity index (χ0v) is 22.8. The molecule has 1 unspecified atom stereocenters. The lowest BCUT2D eigenvalue weighted by Crippen LogP contribution is -2.36. The van der Waals surface area contributed by atoms with Crippen molar-refractivity contribution in [2.45, 2.75) is 20.0 Å². The van der Waals surface area contributed by atoms with Crippen molar-refractivity contribution in [2.75, 3.05) is 19.8 Å². The zero-order valence-electron chi connectivity index (χ0n) is 22.8. The molecule has 0 aliphatic heterocycles. The number of carboxylic acid groups (broad SMARTS) is 1. The van der Waals surface area contributed by atoms with Crippen LogP contribution in [0.3, 0.4) is 0 Å². The summed E-state index contributed by atoms with van der Waals surface area (Å²) in [6.45, 7) is 3.05. The van der Waals surface area contributed by atoms with E-state index in [0.29, 0.717) is 40.4 Å². The van der Waals surface area contributed by atoms with Crippen LogP contribution >= 0.6 is 0 Å². The third kappa shape index (κ3) is 8.65. The van der Waals surface area contributed by atoms with Gasteiger partial charge in [0.1, 0.15) is 37.6 Å². The highest BCUT2D eigenvalue weighted by Gasteiger charge is 2.16. The summed E-state index contributed by atoms with van der Waals surface area (Å²) in [5.41, 5.74) is 4.05. The Kier molecular flexibility index (Phi) is 11.2. The summed E-state index contributed by atoms with van der Waals surface area (Å²) in [5.74, 6) is -0.265. The number of aromatic carboxylic acids is 1. The van der Waals surface area contributed by atoms with E-state index in [0.717, 1.165) is 23.0 Å². The number of aliphatic hydroxyl groups is 2. The molecule has 1 amide bonds. The maximum absolute atomic E-state index is 11.0. The average molecular weight is 576 g/mol. The van der Waals surface area contributed by atoms with E-state index in [-0.39, 0.29) is 18.7 Å². The fourth-order valence-corrected chi connectivity index (χ4v) is 3.78. The summed E-state index contributed by atoms with van der Waals surface area (Å²) in [7, 11) is 0. The minimum atomic E-state index is -1.02. The Hall–Kier alpha value is -5.20. The summed E-state index contributed by atoms with van der Waals surface area (Å²) >= 11 is 0. The first kappa shape index (κ1) is 31.3. The average Bonchev–Trinajstić information content (AvgIpc) is 3.50. The van der Waals surface area contributed by atoms with Gasteiger partial charge in [0.2, 0.25) is 11.7 Å². The van der Waals surface area contributed by atoms with Gasteiger partial charge in [-0.25, -0.2) is 4.79 Å². The molecule has 42 heavy (non-hydrogen) atoms. The molecule has 3 aromatic carbocycles. The molecule has 0 fully saturated rings. The summed E-state index contributed by atoms with van der Waals surface area (Å²) in [6, 6.07) is 16.4. The Balaban J connectivity index is 0.000000369. The first-order valence-electron chi connectivity index (χ1n) is 12.6. The topological polar surface area (TPSA) is 189 Å². The van der Waals surface area contributed by atoms with Gasteiger partial charge in [0.15, 0.2) is 0 Å². The molecule has 0 saturated carbocycles. The normalized spacial score (nSPS) is 11.0. The van der Waals surface area contributed by atoms with Gasteiger partial charge in [0.05, 0.1) is 5.56 Å². The Morgan fingerprint density at radius 1 is 0.976 bits per heavy atom. The van der Waals surface area contributed by atoms with Crippen LogP contribution < -0.4 is 10.1 Å². The second-order valence-corrected chi connectivity index (χ2v) is 9.08. The van der Waals surface area contributed by atoms with Gasteiger partial charge in [0.25, 0.3) is 5.89 Å². The molecule has 0 aliphatic carbocycles. The van der Waals surface area contributed by atoms with Crippen LogP contribution in [0.1, 0.15) is 42.2 Å². The third-order valence-corrected chi connectivity index (χ3v) is 5.78. The van der Waals surface area contributed by atoms with Crippen LogP contribution in [0.15, 0.2) is 65.2 Å². The maximum Gasteiger partial charge on any atom is 0.335 e. The molecule has 1 aromatic heterocycles. The maximum atomic E-state index is 11.0. The quantitative estimate of drug-likeness (QED) is 0.192. The van der Waals surface area contributed by atoms with Crippen molar-refractivity contribution in [2.24, 2.45) is 0 Å². The smallest absolute Gasteiger partial charge is 0.335 e. The number of amides is 1.